The normalized spacial score (nSPS) is 11.6. The number of nitrogens with one attached hydrogen (secondary N) is 3. The molecule has 0 atom stereocenters. The summed E-state index contributed by atoms with van der Waals surface area (Å²) in [5.41, 5.74) is 5.61. The lowest BCUT2D eigenvalue weighted by Crippen LogP contribution is -2.11. The monoisotopic (exact) mass is 468 g/mol. The van der Waals surface area contributed by atoms with Gasteiger partial charge in [0.1, 0.15) is 16.9 Å². The number of fused-ring (bicyclic) bond motifs is 2. The zero-order valence-corrected chi connectivity index (χ0v) is 19.0. The quantitative estimate of drug-likeness (QED) is 0.340. The highest BCUT2D eigenvalue weighted by atomic mass is 19.1. The van der Waals surface area contributed by atoms with Crippen molar-refractivity contribution in [2.75, 3.05) is 6.54 Å². The molecule has 0 aliphatic carbocycles. The van der Waals surface area contributed by atoms with Gasteiger partial charge < -0.3 is 14.9 Å². The van der Waals surface area contributed by atoms with E-state index in [-0.39, 0.29) is 5.69 Å². The number of nitrogens with zero attached hydrogens (tertiary/aromatic N) is 7. The van der Waals surface area contributed by atoms with Crippen LogP contribution in [0.3, 0.4) is 0 Å². The second-order valence-electron chi connectivity index (χ2n) is 8.21. The summed E-state index contributed by atoms with van der Waals surface area (Å²) in [6, 6.07) is 1.89. The van der Waals surface area contributed by atoms with Crippen LogP contribution in [0.4, 0.5) is 4.39 Å². The average molecular weight is 469 g/mol. The van der Waals surface area contributed by atoms with Crippen LogP contribution in [0.15, 0.2) is 49.6 Å². The van der Waals surface area contributed by atoms with Gasteiger partial charge in [0.15, 0.2) is 11.6 Å². The number of H-pyrrole nitrogens is 2. The molecular formula is C24H21FN10. The fourth-order valence-electron chi connectivity index (χ4n) is 4.10. The largest absolute Gasteiger partial charge is 0.335 e. The molecule has 6 aromatic heterocycles. The fraction of sp³-hybridized carbons (Fsp3) is 0.167. The molecule has 6 heterocycles. The van der Waals surface area contributed by atoms with Gasteiger partial charge in [0.2, 0.25) is 0 Å². The van der Waals surface area contributed by atoms with E-state index >= 15 is 4.39 Å². The zero-order valence-electron chi connectivity index (χ0n) is 19.0. The van der Waals surface area contributed by atoms with E-state index in [0.29, 0.717) is 45.6 Å². The highest BCUT2D eigenvalue weighted by molar-refractivity contribution is 5.96. The number of rotatable bonds is 6. The molecule has 0 saturated heterocycles. The van der Waals surface area contributed by atoms with Crippen LogP contribution in [0.1, 0.15) is 18.2 Å². The lowest BCUT2D eigenvalue weighted by molar-refractivity contribution is 0.638. The van der Waals surface area contributed by atoms with Gasteiger partial charge in [-0.05, 0) is 25.1 Å². The van der Waals surface area contributed by atoms with Crippen LogP contribution in [0.25, 0.3) is 50.4 Å². The summed E-state index contributed by atoms with van der Waals surface area (Å²) in [6.45, 7) is 5.41. The molecule has 35 heavy (non-hydrogen) atoms. The third-order valence-corrected chi connectivity index (χ3v) is 5.78. The first-order chi connectivity index (χ1) is 17.1. The highest BCUT2D eigenvalue weighted by Crippen LogP contribution is 2.33. The summed E-state index contributed by atoms with van der Waals surface area (Å²) in [4.78, 5) is 25.2. The molecule has 6 rings (SSSR count). The molecule has 0 amide bonds. The number of aryl methyl sites for hydroxylation is 1. The summed E-state index contributed by atoms with van der Waals surface area (Å²) >= 11 is 0. The lowest BCUT2D eigenvalue weighted by atomic mass is 10.1. The maximum absolute atomic E-state index is 15.9. The van der Waals surface area contributed by atoms with Gasteiger partial charge in [0, 0.05) is 30.7 Å². The maximum Gasteiger partial charge on any atom is 0.161 e. The predicted octanol–water partition coefficient (Wildman–Crippen LogP) is 3.70. The van der Waals surface area contributed by atoms with Crippen molar-refractivity contribution in [1.29, 1.82) is 0 Å². The summed E-state index contributed by atoms with van der Waals surface area (Å²) in [7, 11) is 0. The minimum Gasteiger partial charge on any atom is -0.335 e. The van der Waals surface area contributed by atoms with Gasteiger partial charge in [-0.3, -0.25) is 20.1 Å². The molecule has 0 spiro atoms. The molecule has 11 heteroatoms. The second kappa shape index (κ2) is 8.37. The number of pyridine rings is 3. The van der Waals surface area contributed by atoms with Gasteiger partial charge >= 0.3 is 0 Å². The van der Waals surface area contributed by atoms with Crippen molar-refractivity contribution >= 4 is 21.9 Å². The average Bonchev–Trinajstić information content (AvgIpc) is 3.60. The van der Waals surface area contributed by atoms with Crippen molar-refractivity contribution < 1.29 is 4.39 Å². The Morgan fingerprint density at radius 2 is 1.91 bits per heavy atom. The third-order valence-electron chi connectivity index (χ3n) is 5.78. The standard InChI is InChI=1S/C24H21FN10/c1-3-26-5-14-4-15(7-27-6-14)21-20(25)19-16(9-29-21)33-34-23(19)24-31-17-8-28-10-18(22(17)32-24)35-11-13(2)30-12-35/h4,6-12,26H,3,5H2,1-2H3,(H,31,32)(H,33,34). The molecule has 174 valence electrons. The third kappa shape index (κ3) is 3.62. The van der Waals surface area contributed by atoms with Crippen LogP contribution in [0, 0.1) is 12.7 Å². The van der Waals surface area contributed by atoms with Crippen LogP contribution in [-0.2, 0) is 6.54 Å². The van der Waals surface area contributed by atoms with Gasteiger partial charge in [-0.1, -0.05) is 6.92 Å². The van der Waals surface area contributed by atoms with Crippen LogP contribution in [0.2, 0.25) is 0 Å². The molecule has 0 saturated carbocycles. The summed E-state index contributed by atoms with van der Waals surface area (Å²) in [5, 5.41) is 10.8. The number of aromatic amines is 2. The molecular weight excluding hydrogens is 447 g/mol. The number of imidazole rings is 2. The smallest absolute Gasteiger partial charge is 0.161 e. The van der Waals surface area contributed by atoms with E-state index in [2.05, 4.69) is 40.4 Å². The Morgan fingerprint density at radius 3 is 2.74 bits per heavy atom. The Hall–Kier alpha value is -4.51. The van der Waals surface area contributed by atoms with E-state index in [1.165, 1.54) is 0 Å². The van der Waals surface area contributed by atoms with E-state index in [1.807, 2.05) is 30.7 Å². The van der Waals surface area contributed by atoms with E-state index < -0.39 is 5.82 Å². The van der Waals surface area contributed by atoms with Crippen molar-refractivity contribution in [1.82, 2.24) is 50.0 Å². The Kier molecular flexibility index (Phi) is 5.03. The Bertz CT molecular complexity index is 1680. The van der Waals surface area contributed by atoms with E-state index in [9.17, 15) is 0 Å². The van der Waals surface area contributed by atoms with Crippen LogP contribution in [0.5, 0.6) is 0 Å². The van der Waals surface area contributed by atoms with Crippen LogP contribution >= 0.6 is 0 Å². The number of aromatic nitrogens is 9. The Morgan fingerprint density at radius 1 is 1.03 bits per heavy atom. The van der Waals surface area contributed by atoms with Gasteiger partial charge in [-0.2, -0.15) is 5.10 Å². The number of hydrogen-bond donors (Lipinski definition) is 3. The highest BCUT2D eigenvalue weighted by Gasteiger charge is 2.21. The first-order valence-corrected chi connectivity index (χ1v) is 11.1. The molecule has 0 aliphatic heterocycles. The van der Waals surface area contributed by atoms with Crippen molar-refractivity contribution in [3.05, 3.63) is 66.6 Å². The summed E-state index contributed by atoms with van der Waals surface area (Å²) < 4.78 is 17.7. The minimum absolute atomic E-state index is 0.207. The van der Waals surface area contributed by atoms with Crippen molar-refractivity contribution in [2.24, 2.45) is 0 Å². The molecule has 0 bridgehead atoms. The summed E-state index contributed by atoms with van der Waals surface area (Å²) in [5.74, 6) is -0.0647. The first-order valence-electron chi connectivity index (χ1n) is 11.1. The van der Waals surface area contributed by atoms with Crippen molar-refractivity contribution in [2.45, 2.75) is 20.4 Å². The lowest BCUT2D eigenvalue weighted by Gasteiger charge is -2.07. The molecule has 6 aromatic rings. The van der Waals surface area contributed by atoms with E-state index in [0.717, 1.165) is 23.5 Å². The molecule has 3 N–H and O–H groups in total. The van der Waals surface area contributed by atoms with Gasteiger partial charge in [0.25, 0.3) is 0 Å². The molecule has 0 fully saturated rings. The van der Waals surface area contributed by atoms with Gasteiger partial charge in [0.05, 0.1) is 52.7 Å². The Labute approximate surface area is 198 Å². The van der Waals surface area contributed by atoms with Crippen LogP contribution < -0.4 is 5.32 Å². The first kappa shape index (κ1) is 21.1. The maximum atomic E-state index is 15.9. The van der Waals surface area contributed by atoms with Crippen molar-refractivity contribution in [3.63, 3.8) is 0 Å². The number of hydrogen-bond acceptors (Lipinski definition) is 7. The minimum atomic E-state index is -0.488. The second-order valence-corrected chi connectivity index (χ2v) is 8.21. The van der Waals surface area contributed by atoms with E-state index in [4.69, 9.17) is 4.98 Å². The topological polar surface area (TPSA) is 126 Å². The predicted molar refractivity (Wildman–Crippen MR) is 129 cm³/mol. The molecule has 0 radical (unpaired) electrons. The molecule has 0 aliphatic rings. The molecule has 0 unspecified atom stereocenters. The molecule has 0 aromatic carbocycles. The van der Waals surface area contributed by atoms with Crippen molar-refractivity contribution in [3.8, 4) is 28.5 Å². The summed E-state index contributed by atoms with van der Waals surface area (Å²) in [6.07, 6.45) is 11.9. The number of halogens is 1. The fourth-order valence-corrected chi connectivity index (χ4v) is 4.10. The van der Waals surface area contributed by atoms with E-state index in [1.54, 1.807) is 37.3 Å². The zero-order chi connectivity index (χ0) is 23.9. The van der Waals surface area contributed by atoms with Gasteiger partial charge in [-0.25, -0.2) is 14.4 Å². The van der Waals surface area contributed by atoms with Crippen LogP contribution in [-0.4, -0.2) is 51.2 Å². The van der Waals surface area contributed by atoms with Gasteiger partial charge in [-0.15, -0.1) is 0 Å². The Balaban J connectivity index is 1.48. The SMILES string of the molecule is CCNCc1cncc(-c2ncc3[nH]nc(-c4nc5c(-n6cnc(C)c6)cncc5[nH]4)c3c2F)c1. The molecule has 10 nitrogen and oxygen atoms in total.